The van der Waals surface area contributed by atoms with Crippen molar-refractivity contribution in [3.05, 3.63) is 82.1 Å². The van der Waals surface area contributed by atoms with Gasteiger partial charge in [0.1, 0.15) is 0 Å². The molecule has 1 aliphatic heterocycles. The molecule has 0 spiro atoms. The summed E-state index contributed by atoms with van der Waals surface area (Å²) in [6.07, 6.45) is 6.42. The maximum absolute atomic E-state index is 12.6. The quantitative estimate of drug-likeness (QED) is 0.574. The van der Waals surface area contributed by atoms with Gasteiger partial charge < -0.3 is 5.32 Å². The zero-order valence-electron chi connectivity index (χ0n) is 16.1. The number of imide groups is 1. The number of amides is 3. The van der Waals surface area contributed by atoms with E-state index in [-0.39, 0.29) is 24.2 Å². The fourth-order valence-corrected chi connectivity index (χ4v) is 3.92. The van der Waals surface area contributed by atoms with Crippen molar-refractivity contribution in [3.63, 3.8) is 0 Å². The first-order valence-electron chi connectivity index (χ1n) is 9.27. The number of nitrogens with one attached hydrogen (secondary N) is 1. The van der Waals surface area contributed by atoms with Crippen molar-refractivity contribution in [2.24, 2.45) is 0 Å². The van der Waals surface area contributed by atoms with Crippen LogP contribution in [0, 0.1) is 0 Å². The Hall–Kier alpha value is -3.43. The van der Waals surface area contributed by atoms with Crippen molar-refractivity contribution in [3.8, 4) is 5.82 Å². The van der Waals surface area contributed by atoms with Gasteiger partial charge in [0.05, 0.1) is 10.5 Å². The van der Waals surface area contributed by atoms with Crippen molar-refractivity contribution >= 4 is 46.5 Å². The van der Waals surface area contributed by atoms with Crippen molar-refractivity contribution in [1.82, 2.24) is 25.0 Å². The normalized spacial score (nSPS) is 15.0. The van der Waals surface area contributed by atoms with Crippen LogP contribution in [0.2, 0.25) is 5.02 Å². The van der Waals surface area contributed by atoms with E-state index in [0.29, 0.717) is 26.9 Å². The maximum atomic E-state index is 12.6. The van der Waals surface area contributed by atoms with E-state index < -0.39 is 5.91 Å². The molecule has 156 valence electrons. The Bertz CT molecular complexity index is 1160. The molecule has 0 atom stereocenters. The van der Waals surface area contributed by atoms with Crippen molar-refractivity contribution in [2.75, 3.05) is 13.1 Å². The number of benzene rings is 1. The zero-order chi connectivity index (χ0) is 21.8. The Morgan fingerprint density at radius 2 is 2.00 bits per heavy atom. The summed E-state index contributed by atoms with van der Waals surface area (Å²) in [6, 6.07) is 12.1. The van der Waals surface area contributed by atoms with Gasteiger partial charge in [0.15, 0.2) is 5.82 Å². The second-order valence-corrected chi connectivity index (χ2v) is 7.87. The highest BCUT2D eigenvalue weighted by Gasteiger charge is 2.34. The fraction of sp³-hybridized carbons (Fsp3) is 0.0952. The summed E-state index contributed by atoms with van der Waals surface area (Å²) in [4.78, 5) is 42.7. The SMILES string of the molecule is O=C(NCCN1C(=O)SC(=Cc2ccccc2Cl)C1=O)c1ccc(-n2cccn2)nc1. The highest BCUT2D eigenvalue weighted by molar-refractivity contribution is 8.18. The molecule has 0 unspecified atom stereocenters. The van der Waals surface area contributed by atoms with Gasteiger partial charge in [-0.1, -0.05) is 29.8 Å². The van der Waals surface area contributed by atoms with Gasteiger partial charge in [0.25, 0.3) is 17.1 Å². The van der Waals surface area contributed by atoms with Crippen LogP contribution in [0.1, 0.15) is 15.9 Å². The summed E-state index contributed by atoms with van der Waals surface area (Å²) in [6.45, 7) is 0.187. The number of halogens is 1. The van der Waals surface area contributed by atoms with Crippen LogP contribution in [-0.4, -0.2) is 49.8 Å². The lowest BCUT2D eigenvalue weighted by atomic mass is 10.2. The molecule has 31 heavy (non-hydrogen) atoms. The molecule has 1 fully saturated rings. The average Bonchev–Trinajstić information content (AvgIpc) is 3.40. The molecule has 2 aromatic heterocycles. The zero-order valence-corrected chi connectivity index (χ0v) is 17.6. The molecule has 3 aromatic rings. The number of aromatic nitrogens is 3. The molecule has 4 rings (SSSR count). The van der Waals surface area contributed by atoms with E-state index in [1.807, 2.05) is 0 Å². The minimum absolute atomic E-state index is 0.0646. The van der Waals surface area contributed by atoms with Gasteiger partial charge >= 0.3 is 0 Å². The molecule has 1 aromatic carbocycles. The molecular weight excluding hydrogens is 438 g/mol. The van der Waals surface area contributed by atoms with E-state index >= 15 is 0 Å². The minimum Gasteiger partial charge on any atom is -0.350 e. The first kappa shape index (κ1) is 20.8. The first-order chi connectivity index (χ1) is 15.0. The number of thioether (sulfide) groups is 1. The number of hydrogen-bond acceptors (Lipinski definition) is 6. The number of nitrogens with zero attached hydrogens (tertiary/aromatic N) is 4. The Labute approximate surface area is 186 Å². The van der Waals surface area contributed by atoms with E-state index in [0.717, 1.165) is 16.7 Å². The van der Waals surface area contributed by atoms with Crippen LogP contribution < -0.4 is 5.32 Å². The van der Waals surface area contributed by atoms with Crippen LogP contribution in [0.3, 0.4) is 0 Å². The van der Waals surface area contributed by atoms with Gasteiger partial charge in [-0.15, -0.1) is 0 Å². The lowest BCUT2D eigenvalue weighted by Crippen LogP contribution is -2.37. The minimum atomic E-state index is -0.408. The van der Waals surface area contributed by atoms with Crippen LogP contribution in [0.4, 0.5) is 4.79 Å². The number of rotatable bonds is 6. The predicted octanol–water partition coefficient (Wildman–Crippen LogP) is 3.39. The monoisotopic (exact) mass is 453 g/mol. The molecule has 1 saturated heterocycles. The van der Waals surface area contributed by atoms with Crippen molar-refractivity contribution in [2.45, 2.75) is 0 Å². The third-order valence-electron chi connectivity index (χ3n) is 4.44. The molecule has 3 heterocycles. The second kappa shape index (κ2) is 9.15. The van der Waals surface area contributed by atoms with Gasteiger partial charge in [0, 0.05) is 36.7 Å². The van der Waals surface area contributed by atoms with E-state index in [9.17, 15) is 14.4 Å². The van der Waals surface area contributed by atoms with Crippen LogP contribution >= 0.6 is 23.4 Å². The summed E-state index contributed by atoms with van der Waals surface area (Å²) >= 11 is 6.97. The highest BCUT2D eigenvalue weighted by Crippen LogP contribution is 2.33. The van der Waals surface area contributed by atoms with Crippen molar-refractivity contribution in [1.29, 1.82) is 0 Å². The summed E-state index contributed by atoms with van der Waals surface area (Å²) < 4.78 is 1.58. The van der Waals surface area contributed by atoms with Crippen LogP contribution in [-0.2, 0) is 4.79 Å². The summed E-state index contributed by atoms with van der Waals surface area (Å²) in [5, 5.41) is 6.88. The molecular formula is C21H16ClN5O3S. The van der Waals surface area contributed by atoms with E-state index in [1.165, 1.54) is 6.20 Å². The average molecular weight is 454 g/mol. The molecule has 0 radical (unpaired) electrons. The molecule has 1 N–H and O–H groups in total. The lowest BCUT2D eigenvalue weighted by Gasteiger charge is -2.13. The Morgan fingerprint density at radius 3 is 2.71 bits per heavy atom. The van der Waals surface area contributed by atoms with E-state index in [4.69, 9.17) is 11.6 Å². The predicted molar refractivity (Wildman–Crippen MR) is 118 cm³/mol. The Morgan fingerprint density at radius 1 is 1.16 bits per heavy atom. The van der Waals surface area contributed by atoms with Gasteiger partial charge in [-0.25, -0.2) is 9.67 Å². The first-order valence-corrected chi connectivity index (χ1v) is 10.5. The van der Waals surface area contributed by atoms with Gasteiger partial charge in [-0.05, 0) is 47.7 Å². The fourth-order valence-electron chi connectivity index (χ4n) is 2.87. The lowest BCUT2D eigenvalue weighted by molar-refractivity contribution is -0.122. The number of pyridine rings is 1. The maximum Gasteiger partial charge on any atom is 0.293 e. The smallest absolute Gasteiger partial charge is 0.293 e. The van der Waals surface area contributed by atoms with E-state index in [2.05, 4.69) is 15.4 Å². The third-order valence-corrected chi connectivity index (χ3v) is 5.69. The van der Waals surface area contributed by atoms with Gasteiger partial charge in [-0.2, -0.15) is 5.10 Å². The molecule has 3 amide bonds. The molecule has 0 aliphatic carbocycles. The van der Waals surface area contributed by atoms with Crippen molar-refractivity contribution < 1.29 is 14.4 Å². The molecule has 10 heteroatoms. The molecule has 8 nitrogen and oxygen atoms in total. The Balaban J connectivity index is 1.34. The summed E-state index contributed by atoms with van der Waals surface area (Å²) in [5.41, 5.74) is 1.03. The van der Waals surface area contributed by atoms with Crippen LogP contribution in [0.25, 0.3) is 11.9 Å². The largest absolute Gasteiger partial charge is 0.350 e. The molecule has 1 aliphatic rings. The van der Waals surface area contributed by atoms with E-state index in [1.54, 1.807) is 65.6 Å². The van der Waals surface area contributed by atoms with Crippen LogP contribution in [0.5, 0.6) is 0 Å². The van der Waals surface area contributed by atoms with Crippen LogP contribution in [0.15, 0.2) is 66.0 Å². The molecule has 0 saturated carbocycles. The topological polar surface area (TPSA) is 97.2 Å². The summed E-state index contributed by atoms with van der Waals surface area (Å²) in [7, 11) is 0. The second-order valence-electron chi connectivity index (χ2n) is 6.47. The molecule has 0 bridgehead atoms. The standard InChI is InChI=1S/C21H16ClN5O3S/c22-16-5-2-1-4-14(16)12-17-20(29)26(21(30)31-17)11-9-23-19(28)15-6-7-18(24-13-15)27-10-3-8-25-27/h1-8,10,12-13H,9,11H2,(H,23,28). The Kier molecular flexibility index (Phi) is 6.15. The number of carbonyl (C=O) groups is 3. The third kappa shape index (κ3) is 4.68. The number of hydrogen-bond donors (Lipinski definition) is 1. The number of carbonyl (C=O) groups excluding carboxylic acids is 3. The van der Waals surface area contributed by atoms with Gasteiger partial charge in [0.2, 0.25) is 0 Å². The van der Waals surface area contributed by atoms with Gasteiger partial charge in [-0.3, -0.25) is 19.3 Å². The highest BCUT2D eigenvalue weighted by atomic mass is 35.5. The summed E-state index contributed by atoms with van der Waals surface area (Å²) in [5.74, 6) is -0.169.